The average Bonchev–Trinajstić information content (AvgIpc) is 2.46. The third kappa shape index (κ3) is 3.37. The molecule has 0 saturated heterocycles. The van der Waals surface area contributed by atoms with Crippen molar-refractivity contribution in [3.8, 4) is 6.07 Å². The molecule has 1 atom stereocenters. The molecular formula is C15H7Cl2FINO. The summed E-state index contributed by atoms with van der Waals surface area (Å²) in [5, 5.41) is 9.52. The Morgan fingerprint density at radius 1 is 1.29 bits per heavy atom. The third-order valence-electron chi connectivity index (χ3n) is 2.88. The van der Waals surface area contributed by atoms with E-state index >= 15 is 0 Å². The summed E-state index contributed by atoms with van der Waals surface area (Å²) >= 11 is 13.5. The first-order valence-corrected chi connectivity index (χ1v) is 7.62. The van der Waals surface area contributed by atoms with E-state index in [2.05, 4.69) is 0 Å². The van der Waals surface area contributed by atoms with Gasteiger partial charge in [0.2, 0.25) is 0 Å². The number of benzene rings is 2. The molecule has 0 bridgehead atoms. The van der Waals surface area contributed by atoms with Gasteiger partial charge in [0.25, 0.3) is 0 Å². The van der Waals surface area contributed by atoms with E-state index in [-0.39, 0.29) is 16.1 Å². The number of nitriles is 1. The van der Waals surface area contributed by atoms with Gasteiger partial charge in [0.05, 0.1) is 11.1 Å². The van der Waals surface area contributed by atoms with Crippen LogP contribution in [0.25, 0.3) is 0 Å². The lowest BCUT2D eigenvalue weighted by Crippen LogP contribution is -2.14. The molecule has 21 heavy (non-hydrogen) atoms. The molecule has 106 valence electrons. The van der Waals surface area contributed by atoms with Crippen LogP contribution in [0.1, 0.15) is 21.8 Å². The van der Waals surface area contributed by atoms with Crippen molar-refractivity contribution in [3.63, 3.8) is 0 Å². The summed E-state index contributed by atoms with van der Waals surface area (Å²) in [4.78, 5) is 12.5. The molecule has 2 aromatic carbocycles. The maximum Gasteiger partial charge on any atom is 0.185 e. The molecule has 2 nitrogen and oxygen atoms in total. The summed E-state index contributed by atoms with van der Waals surface area (Å²) in [7, 11) is 0. The highest BCUT2D eigenvalue weighted by atomic mass is 127. The minimum Gasteiger partial charge on any atom is -0.292 e. The van der Waals surface area contributed by atoms with Crippen molar-refractivity contribution < 1.29 is 9.18 Å². The van der Waals surface area contributed by atoms with E-state index in [1.54, 1.807) is 12.1 Å². The van der Waals surface area contributed by atoms with Crippen molar-refractivity contribution in [3.05, 3.63) is 67.0 Å². The zero-order valence-corrected chi connectivity index (χ0v) is 14.1. The van der Waals surface area contributed by atoms with Crippen molar-refractivity contribution in [2.45, 2.75) is 5.92 Å². The molecule has 6 heteroatoms. The number of ketones is 1. The van der Waals surface area contributed by atoms with Crippen LogP contribution >= 0.6 is 45.8 Å². The van der Waals surface area contributed by atoms with Gasteiger partial charge in [-0.05, 0) is 46.9 Å². The highest BCUT2D eigenvalue weighted by Crippen LogP contribution is 2.29. The van der Waals surface area contributed by atoms with Crippen LogP contribution in [0.15, 0.2) is 36.4 Å². The van der Waals surface area contributed by atoms with E-state index in [4.69, 9.17) is 23.2 Å². The molecule has 0 saturated carbocycles. The second-order valence-electron chi connectivity index (χ2n) is 4.19. The lowest BCUT2D eigenvalue weighted by molar-refractivity contribution is 0.0976. The standard InChI is InChI=1S/C15H7Cl2FINO/c16-8-4-5-13(19)10(6-8)15(21)11(7-20)9-2-1-3-12(17)14(9)18/h1-6,11H. The van der Waals surface area contributed by atoms with Crippen LogP contribution in [-0.2, 0) is 0 Å². The van der Waals surface area contributed by atoms with E-state index in [0.717, 1.165) is 0 Å². The van der Waals surface area contributed by atoms with Crippen molar-refractivity contribution >= 4 is 51.6 Å². The zero-order valence-electron chi connectivity index (χ0n) is 10.4. The van der Waals surface area contributed by atoms with Gasteiger partial charge in [-0.3, -0.25) is 4.79 Å². The van der Waals surface area contributed by atoms with Crippen molar-refractivity contribution in [1.82, 2.24) is 0 Å². The molecule has 0 fully saturated rings. The van der Waals surface area contributed by atoms with E-state index in [0.29, 0.717) is 8.59 Å². The Morgan fingerprint density at radius 3 is 2.67 bits per heavy atom. The third-order valence-corrected chi connectivity index (χ3v) is 4.35. The number of nitrogens with zero attached hydrogens (tertiary/aromatic N) is 1. The fourth-order valence-corrected chi connectivity index (χ4v) is 2.81. The zero-order chi connectivity index (χ0) is 15.6. The minimum absolute atomic E-state index is 0.0363. The van der Waals surface area contributed by atoms with Gasteiger partial charge in [-0.1, -0.05) is 35.3 Å². The summed E-state index contributed by atoms with van der Waals surface area (Å²) in [6, 6.07) is 10.9. The van der Waals surface area contributed by atoms with Crippen LogP contribution in [0.2, 0.25) is 10.0 Å². The topological polar surface area (TPSA) is 40.9 Å². The normalized spacial score (nSPS) is 11.8. The van der Waals surface area contributed by atoms with Gasteiger partial charge in [-0.15, -0.1) is 0 Å². The Balaban J connectivity index is 2.52. The Labute approximate surface area is 144 Å². The monoisotopic (exact) mass is 433 g/mol. The van der Waals surface area contributed by atoms with E-state index in [1.165, 1.54) is 24.3 Å². The van der Waals surface area contributed by atoms with Crippen LogP contribution < -0.4 is 0 Å². The lowest BCUT2D eigenvalue weighted by Gasteiger charge is -2.12. The number of carbonyl (C=O) groups is 1. The van der Waals surface area contributed by atoms with Crippen LogP contribution in [0.3, 0.4) is 0 Å². The van der Waals surface area contributed by atoms with E-state index < -0.39 is 17.5 Å². The maximum absolute atomic E-state index is 14.0. The van der Waals surface area contributed by atoms with Crippen LogP contribution in [0.4, 0.5) is 4.39 Å². The number of Topliss-reactive ketones (excluding diaryl/α,β-unsaturated/α-hetero) is 1. The predicted octanol–water partition coefficient (Wildman–Crippen LogP) is 5.23. The van der Waals surface area contributed by atoms with Gasteiger partial charge in [0.1, 0.15) is 11.7 Å². The Morgan fingerprint density at radius 2 is 2.00 bits per heavy atom. The molecule has 2 aromatic rings. The van der Waals surface area contributed by atoms with Gasteiger partial charge in [-0.25, -0.2) is 4.39 Å². The van der Waals surface area contributed by atoms with Gasteiger partial charge in [0.15, 0.2) is 5.78 Å². The molecule has 0 heterocycles. The smallest absolute Gasteiger partial charge is 0.185 e. The molecule has 0 amide bonds. The summed E-state index contributed by atoms with van der Waals surface area (Å²) in [6.07, 6.45) is 0. The first-order chi connectivity index (χ1) is 9.95. The summed E-state index contributed by atoms with van der Waals surface area (Å²) < 4.78 is 14.7. The van der Waals surface area contributed by atoms with Crippen molar-refractivity contribution in [1.29, 1.82) is 5.26 Å². The minimum atomic E-state index is -1.27. The fraction of sp³-hybridized carbons (Fsp3) is 0.0667. The molecule has 0 aliphatic carbocycles. The van der Waals surface area contributed by atoms with Crippen LogP contribution in [0, 0.1) is 20.7 Å². The Bertz CT molecular complexity index is 758. The largest absolute Gasteiger partial charge is 0.292 e. The van der Waals surface area contributed by atoms with Gasteiger partial charge in [-0.2, -0.15) is 5.26 Å². The molecule has 2 rings (SSSR count). The van der Waals surface area contributed by atoms with Crippen molar-refractivity contribution in [2.24, 2.45) is 0 Å². The molecule has 0 aliphatic rings. The van der Waals surface area contributed by atoms with Crippen molar-refractivity contribution in [2.75, 3.05) is 0 Å². The average molecular weight is 434 g/mol. The highest BCUT2D eigenvalue weighted by Gasteiger charge is 2.27. The SMILES string of the molecule is N#CC(C(=O)c1cc(Cl)ccc1I)c1cccc(Cl)c1F. The first-order valence-electron chi connectivity index (χ1n) is 5.78. The first kappa shape index (κ1) is 16.2. The van der Waals surface area contributed by atoms with Gasteiger partial charge < -0.3 is 0 Å². The molecule has 0 spiro atoms. The number of carbonyl (C=O) groups excluding carboxylic acids is 1. The highest BCUT2D eigenvalue weighted by molar-refractivity contribution is 14.1. The number of hydrogen-bond donors (Lipinski definition) is 0. The molecule has 0 aliphatic heterocycles. The maximum atomic E-state index is 14.0. The fourth-order valence-electron chi connectivity index (χ4n) is 1.85. The molecule has 0 N–H and O–H groups in total. The molecule has 0 aromatic heterocycles. The van der Waals surface area contributed by atoms with Crippen LogP contribution in [0.5, 0.6) is 0 Å². The van der Waals surface area contributed by atoms with Crippen LogP contribution in [-0.4, -0.2) is 5.78 Å². The Kier molecular flexibility index (Phi) is 5.20. The molecular weight excluding hydrogens is 427 g/mol. The Hall–Kier alpha value is -1.16. The second-order valence-corrected chi connectivity index (χ2v) is 6.20. The number of halogens is 4. The number of rotatable bonds is 3. The van der Waals surface area contributed by atoms with Gasteiger partial charge in [0, 0.05) is 19.7 Å². The second kappa shape index (κ2) is 6.73. The number of hydrogen-bond acceptors (Lipinski definition) is 2. The molecule has 1 unspecified atom stereocenters. The van der Waals surface area contributed by atoms with E-state index in [1.807, 2.05) is 28.7 Å². The van der Waals surface area contributed by atoms with E-state index in [9.17, 15) is 14.4 Å². The summed E-state index contributed by atoms with van der Waals surface area (Å²) in [5.41, 5.74) is 0.250. The summed E-state index contributed by atoms with van der Waals surface area (Å²) in [6.45, 7) is 0. The summed E-state index contributed by atoms with van der Waals surface area (Å²) in [5.74, 6) is -2.53. The lowest BCUT2D eigenvalue weighted by atomic mass is 9.91. The quantitative estimate of drug-likeness (QED) is 0.491. The predicted molar refractivity (Wildman–Crippen MR) is 88.3 cm³/mol. The van der Waals surface area contributed by atoms with Gasteiger partial charge >= 0.3 is 0 Å². The molecule has 0 radical (unpaired) electrons.